The smallest absolute Gasteiger partial charge is 0.258 e. The molecule has 142 valence electrons. The van der Waals surface area contributed by atoms with Gasteiger partial charge in [0.05, 0.1) is 28.8 Å². The van der Waals surface area contributed by atoms with Crippen LogP contribution in [0, 0.1) is 6.92 Å². The Morgan fingerprint density at radius 2 is 2.19 bits per heavy atom. The molecule has 0 spiro atoms. The zero-order chi connectivity index (χ0) is 19.4. The lowest BCUT2D eigenvalue weighted by molar-refractivity contribution is -0.115. The number of amides is 2. The van der Waals surface area contributed by atoms with Crippen LogP contribution >= 0.6 is 23.1 Å². The summed E-state index contributed by atoms with van der Waals surface area (Å²) in [6.07, 6.45) is 0. The predicted octanol–water partition coefficient (Wildman–Crippen LogP) is 2.34. The summed E-state index contributed by atoms with van der Waals surface area (Å²) in [5.74, 6) is 1.43. The maximum Gasteiger partial charge on any atom is 0.258 e. The molecular weight excluding hydrogens is 388 g/mol. The highest BCUT2D eigenvalue weighted by atomic mass is 32.2. The van der Waals surface area contributed by atoms with Gasteiger partial charge in [0, 0.05) is 13.1 Å². The van der Waals surface area contributed by atoms with Crippen LogP contribution < -0.4 is 14.9 Å². The Labute approximate surface area is 163 Å². The molecule has 0 radical (unpaired) electrons. The van der Waals surface area contributed by atoms with Gasteiger partial charge >= 0.3 is 0 Å². The minimum Gasteiger partial charge on any atom is -0.497 e. The molecule has 0 bridgehead atoms. The highest BCUT2D eigenvalue weighted by Gasteiger charge is 2.09. The summed E-state index contributed by atoms with van der Waals surface area (Å²) in [5.41, 5.74) is 0.974. The first kappa shape index (κ1) is 19.2. The van der Waals surface area contributed by atoms with Crippen LogP contribution in [0.15, 0.2) is 33.8 Å². The fourth-order valence-corrected chi connectivity index (χ4v) is 3.99. The second-order valence-electron chi connectivity index (χ2n) is 5.65. The van der Waals surface area contributed by atoms with Crippen molar-refractivity contribution in [2.45, 2.75) is 6.92 Å². The van der Waals surface area contributed by atoms with Crippen LogP contribution in [0.4, 0.5) is 5.82 Å². The maximum absolute atomic E-state index is 12.1. The Morgan fingerprint density at radius 3 is 2.89 bits per heavy atom. The Bertz CT molecular complexity index is 1050. The molecule has 0 saturated heterocycles. The van der Waals surface area contributed by atoms with Crippen LogP contribution in [0.1, 0.15) is 5.76 Å². The number of carbonyl (C=O) groups is 2. The molecule has 8 nitrogen and oxygen atoms in total. The molecule has 0 fully saturated rings. The fourth-order valence-electron chi connectivity index (χ4n) is 2.32. The van der Waals surface area contributed by atoms with Gasteiger partial charge in [-0.1, -0.05) is 16.5 Å². The molecule has 0 saturated carbocycles. The molecular formula is C17H18N4O4S2. The van der Waals surface area contributed by atoms with Crippen LogP contribution in [0.5, 0.6) is 5.75 Å². The SMILES string of the molecule is COc1ccc2c(c1)sc(=NC(=O)CSCC(=O)Nc1cc(C)on1)n2C. The molecule has 2 amide bonds. The molecule has 27 heavy (non-hydrogen) atoms. The van der Waals surface area contributed by atoms with E-state index in [9.17, 15) is 9.59 Å². The van der Waals surface area contributed by atoms with E-state index in [1.54, 1.807) is 20.1 Å². The van der Waals surface area contributed by atoms with Crippen molar-refractivity contribution in [2.24, 2.45) is 12.0 Å². The third-order valence-electron chi connectivity index (χ3n) is 3.59. The monoisotopic (exact) mass is 406 g/mol. The van der Waals surface area contributed by atoms with E-state index in [1.165, 1.54) is 23.1 Å². The molecule has 0 aliphatic heterocycles. The second-order valence-corrected chi connectivity index (χ2v) is 7.64. The molecule has 2 heterocycles. The number of aromatic nitrogens is 2. The number of fused-ring (bicyclic) bond motifs is 1. The Hall–Kier alpha value is -2.59. The molecule has 3 aromatic rings. The number of rotatable bonds is 6. The Balaban J connectivity index is 1.59. The zero-order valence-corrected chi connectivity index (χ0v) is 16.6. The topological polar surface area (TPSA) is 98.7 Å². The van der Waals surface area contributed by atoms with E-state index in [0.29, 0.717) is 16.4 Å². The van der Waals surface area contributed by atoms with E-state index in [2.05, 4.69) is 15.5 Å². The normalized spacial score (nSPS) is 11.7. The lowest BCUT2D eigenvalue weighted by Gasteiger charge is -2.00. The number of aryl methyl sites for hydroxylation is 2. The van der Waals surface area contributed by atoms with Crippen molar-refractivity contribution in [3.05, 3.63) is 34.8 Å². The first-order chi connectivity index (χ1) is 13.0. The number of thiazole rings is 1. The number of ether oxygens (including phenoxy) is 1. The average Bonchev–Trinajstić information content (AvgIpc) is 3.17. The largest absolute Gasteiger partial charge is 0.497 e. The molecule has 10 heteroatoms. The molecule has 1 N–H and O–H groups in total. The summed E-state index contributed by atoms with van der Waals surface area (Å²) < 4.78 is 12.9. The van der Waals surface area contributed by atoms with E-state index < -0.39 is 0 Å². The van der Waals surface area contributed by atoms with Crippen LogP contribution in [0.25, 0.3) is 10.2 Å². The van der Waals surface area contributed by atoms with Crippen molar-refractivity contribution in [3.63, 3.8) is 0 Å². The van der Waals surface area contributed by atoms with Gasteiger partial charge in [-0.15, -0.1) is 11.8 Å². The van der Waals surface area contributed by atoms with Crippen molar-refractivity contribution in [3.8, 4) is 5.75 Å². The second kappa shape index (κ2) is 8.40. The van der Waals surface area contributed by atoms with Gasteiger partial charge in [0.15, 0.2) is 10.6 Å². The van der Waals surface area contributed by atoms with E-state index in [4.69, 9.17) is 9.26 Å². The number of benzene rings is 1. The van der Waals surface area contributed by atoms with E-state index in [1.807, 2.05) is 29.8 Å². The number of methoxy groups -OCH3 is 1. The first-order valence-electron chi connectivity index (χ1n) is 7.98. The summed E-state index contributed by atoms with van der Waals surface area (Å²) in [4.78, 5) is 28.7. The number of carbonyl (C=O) groups excluding carboxylic acids is 2. The summed E-state index contributed by atoms with van der Waals surface area (Å²) in [5, 5.41) is 6.29. The fraction of sp³-hybridized carbons (Fsp3) is 0.294. The third-order valence-corrected chi connectivity index (χ3v) is 5.60. The van der Waals surface area contributed by atoms with E-state index >= 15 is 0 Å². The molecule has 0 unspecified atom stereocenters. The van der Waals surface area contributed by atoms with Gasteiger partial charge in [0.2, 0.25) is 5.91 Å². The standard InChI is InChI=1S/C17H18N4O4S2/c1-10-6-14(20-25-10)18-15(22)8-26-9-16(23)19-17-21(2)12-5-4-11(24-3)7-13(12)27-17/h4-7H,8-9H2,1-3H3,(H,18,20,22). The number of thioether (sulfide) groups is 1. The summed E-state index contributed by atoms with van der Waals surface area (Å²) in [7, 11) is 3.47. The van der Waals surface area contributed by atoms with Crippen molar-refractivity contribution in [2.75, 3.05) is 23.9 Å². The first-order valence-corrected chi connectivity index (χ1v) is 9.95. The van der Waals surface area contributed by atoms with Crippen molar-refractivity contribution in [1.29, 1.82) is 0 Å². The Kier molecular flexibility index (Phi) is 5.97. The molecule has 1 aromatic carbocycles. The van der Waals surface area contributed by atoms with Gasteiger partial charge in [-0.3, -0.25) is 9.59 Å². The van der Waals surface area contributed by atoms with Gasteiger partial charge in [-0.25, -0.2) is 0 Å². The summed E-state index contributed by atoms with van der Waals surface area (Å²) in [6, 6.07) is 7.33. The van der Waals surface area contributed by atoms with Crippen LogP contribution in [0.3, 0.4) is 0 Å². The van der Waals surface area contributed by atoms with E-state index in [0.717, 1.165) is 16.0 Å². The minimum atomic E-state index is -0.292. The quantitative estimate of drug-likeness (QED) is 0.675. The van der Waals surface area contributed by atoms with Gasteiger partial charge in [-0.05, 0) is 25.1 Å². The number of hydrogen-bond acceptors (Lipinski definition) is 7. The zero-order valence-electron chi connectivity index (χ0n) is 15.0. The minimum absolute atomic E-state index is 0.114. The van der Waals surface area contributed by atoms with Crippen LogP contribution in [0.2, 0.25) is 0 Å². The number of hydrogen-bond donors (Lipinski definition) is 1. The predicted molar refractivity (Wildman–Crippen MR) is 105 cm³/mol. The summed E-state index contributed by atoms with van der Waals surface area (Å²) >= 11 is 2.61. The Morgan fingerprint density at radius 1 is 1.37 bits per heavy atom. The number of nitrogens with one attached hydrogen (secondary N) is 1. The average molecular weight is 406 g/mol. The lowest BCUT2D eigenvalue weighted by atomic mass is 10.3. The lowest BCUT2D eigenvalue weighted by Crippen LogP contribution is -2.17. The van der Waals surface area contributed by atoms with Crippen molar-refractivity contribution >= 4 is 50.9 Å². The van der Waals surface area contributed by atoms with Gasteiger partial charge in [-0.2, -0.15) is 4.99 Å². The maximum atomic E-state index is 12.1. The third kappa shape index (κ3) is 4.77. The van der Waals surface area contributed by atoms with Crippen molar-refractivity contribution in [1.82, 2.24) is 9.72 Å². The summed E-state index contributed by atoms with van der Waals surface area (Å²) in [6.45, 7) is 1.74. The molecule has 3 rings (SSSR count). The molecule has 0 atom stereocenters. The number of nitrogens with zero attached hydrogens (tertiary/aromatic N) is 3. The van der Waals surface area contributed by atoms with Gasteiger partial charge < -0.3 is 19.1 Å². The van der Waals surface area contributed by atoms with Gasteiger partial charge in [0.25, 0.3) is 5.91 Å². The molecule has 0 aliphatic carbocycles. The van der Waals surface area contributed by atoms with E-state index in [-0.39, 0.29) is 23.3 Å². The highest BCUT2D eigenvalue weighted by Crippen LogP contribution is 2.22. The van der Waals surface area contributed by atoms with Crippen LogP contribution in [-0.4, -0.2) is 40.2 Å². The highest BCUT2D eigenvalue weighted by molar-refractivity contribution is 8.00. The molecule has 2 aromatic heterocycles. The number of anilines is 1. The van der Waals surface area contributed by atoms with Crippen LogP contribution in [-0.2, 0) is 16.6 Å². The van der Waals surface area contributed by atoms with Crippen molar-refractivity contribution < 1.29 is 18.8 Å². The molecule has 0 aliphatic rings. The van der Waals surface area contributed by atoms with Gasteiger partial charge in [0.1, 0.15) is 11.5 Å².